The number of H-pyrrole nitrogens is 1. The highest BCUT2D eigenvalue weighted by molar-refractivity contribution is 5.87. The molecule has 0 fully saturated rings. The summed E-state index contributed by atoms with van der Waals surface area (Å²) in [6.07, 6.45) is 0. The molecule has 1 amide bonds. The van der Waals surface area contributed by atoms with Crippen molar-refractivity contribution in [3.63, 3.8) is 0 Å². The van der Waals surface area contributed by atoms with Crippen molar-refractivity contribution in [3.8, 4) is 11.3 Å². The maximum atomic E-state index is 14.1. The quantitative estimate of drug-likeness (QED) is 0.479. The van der Waals surface area contributed by atoms with Crippen LogP contribution in [0, 0.1) is 11.7 Å². The number of benzene rings is 2. The topological polar surface area (TPSA) is 102 Å². The summed E-state index contributed by atoms with van der Waals surface area (Å²) < 4.78 is 14.1. The summed E-state index contributed by atoms with van der Waals surface area (Å²) in [6.45, 7) is 2.83. The first-order valence-corrected chi connectivity index (χ1v) is 9.79. The van der Waals surface area contributed by atoms with Crippen molar-refractivity contribution >= 4 is 16.7 Å². The molecule has 0 spiro atoms. The SMILES string of the molecule is CC(C)C(C(=O)NC(CO)CO)c1ccc(-c2ccc3cccc(F)c3c2)[nH]c1=O. The highest BCUT2D eigenvalue weighted by Crippen LogP contribution is 2.27. The fourth-order valence-electron chi connectivity index (χ4n) is 3.54. The first kappa shape index (κ1) is 21.7. The second-order valence-corrected chi connectivity index (χ2v) is 7.62. The average molecular weight is 412 g/mol. The predicted octanol–water partition coefficient (Wildman–Crippen LogP) is 2.54. The molecule has 158 valence electrons. The Hall–Kier alpha value is -3.03. The number of carbonyl (C=O) groups excluding carboxylic acids is 1. The minimum absolute atomic E-state index is 0.190. The predicted molar refractivity (Wildman–Crippen MR) is 114 cm³/mol. The lowest BCUT2D eigenvalue weighted by Gasteiger charge is -2.23. The van der Waals surface area contributed by atoms with Gasteiger partial charge in [0, 0.05) is 16.6 Å². The van der Waals surface area contributed by atoms with Crippen LogP contribution in [0.2, 0.25) is 0 Å². The number of hydrogen-bond acceptors (Lipinski definition) is 4. The second-order valence-electron chi connectivity index (χ2n) is 7.62. The van der Waals surface area contributed by atoms with Crippen LogP contribution in [0.3, 0.4) is 0 Å². The van der Waals surface area contributed by atoms with E-state index in [2.05, 4.69) is 10.3 Å². The van der Waals surface area contributed by atoms with Gasteiger partial charge in [-0.2, -0.15) is 0 Å². The molecule has 2 aromatic carbocycles. The number of hydrogen-bond donors (Lipinski definition) is 4. The molecule has 6 nitrogen and oxygen atoms in total. The van der Waals surface area contributed by atoms with Gasteiger partial charge in [-0.15, -0.1) is 0 Å². The standard InChI is InChI=1S/C23H25FN2O4/c1-13(2)21(23(30)25-16(11-27)12-28)17-8-9-20(26-22(17)29)15-7-6-14-4-3-5-19(24)18(14)10-15/h3-10,13,16,21,27-28H,11-12H2,1-2H3,(H,25,30)(H,26,29). The van der Waals surface area contributed by atoms with Crippen molar-refractivity contribution in [1.29, 1.82) is 0 Å². The van der Waals surface area contributed by atoms with E-state index in [-0.39, 0.29) is 17.3 Å². The summed E-state index contributed by atoms with van der Waals surface area (Å²) in [5.41, 5.74) is 1.04. The molecule has 0 aliphatic rings. The van der Waals surface area contributed by atoms with Crippen LogP contribution in [-0.4, -0.2) is 40.4 Å². The number of aromatic nitrogens is 1. The molecule has 0 saturated carbocycles. The number of amides is 1. The molecule has 0 aliphatic heterocycles. The Bertz CT molecular complexity index is 1110. The van der Waals surface area contributed by atoms with Gasteiger partial charge in [0.05, 0.1) is 25.2 Å². The summed E-state index contributed by atoms with van der Waals surface area (Å²) in [5, 5.41) is 22.2. The third-order valence-corrected chi connectivity index (χ3v) is 5.15. The largest absolute Gasteiger partial charge is 0.394 e. The van der Waals surface area contributed by atoms with Gasteiger partial charge in [0.1, 0.15) is 5.82 Å². The van der Waals surface area contributed by atoms with E-state index in [9.17, 15) is 24.2 Å². The van der Waals surface area contributed by atoms with E-state index in [1.165, 1.54) is 6.07 Å². The van der Waals surface area contributed by atoms with E-state index in [1.54, 1.807) is 36.4 Å². The number of aliphatic hydroxyl groups is 2. The lowest BCUT2D eigenvalue weighted by atomic mass is 9.88. The smallest absolute Gasteiger partial charge is 0.252 e. The molecule has 0 aliphatic carbocycles. The second kappa shape index (κ2) is 9.19. The zero-order valence-electron chi connectivity index (χ0n) is 16.9. The number of halogens is 1. The zero-order valence-corrected chi connectivity index (χ0v) is 16.9. The molecule has 1 aromatic heterocycles. The third kappa shape index (κ3) is 4.42. The monoisotopic (exact) mass is 412 g/mol. The van der Waals surface area contributed by atoms with Gasteiger partial charge in [-0.05, 0) is 35.1 Å². The Labute approximate surface area is 173 Å². The fourth-order valence-corrected chi connectivity index (χ4v) is 3.54. The summed E-state index contributed by atoms with van der Waals surface area (Å²) in [6, 6.07) is 12.6. The van der Waals surface area contributed by atoms with Gasteiger partial charge in [-0.1, -0.05) is 44.2 Å². The van der Waals surface area contributed by atoms with Crippen molar-refractivity contribution in [1.82, 2.24) is 10.3 Å². The van der Waals surface area contributed by atoms with Crippen molar-refractivity contribution in [2.45, 2.75) is 25.8 Å². The first-order chi connectivity index (χ1) is 14.3. The molecule has 0 saturated heterocycles. The third-order valence-electron chi connectivity index (χ3n) is 5.15. The Morgan fingerprint density at radius 1 is 1.10 bits per heavy atom. The van der Waals surface area contributed by atoms with E-state index in [0.29, 0.717) is 16.6 Å². The lowest BCUT2D eigenvalue weighted by molar-refractivity contribution is -0.124. The Morgan fingerprint density at radius 2 is 1.83 bits per heavy atom. The summed E-state index contributed by atoms with van der Waals surface area (Å²) in [7, 11) is 0. The molecule has 0 bridgehead atoms. The van der Waals surface area contributed by atoms with Crippen LogP contribution in [0.25, 0.3) is 22.0 Å². The molecule has 3 rings (SSSR count). The van der Waals surface area contributed by atoms with Crippen LogP contribution in [0.15, 0.2) is 53.3 Å². The minimum atomic E-state index is -0.787. The van der Waals surface area contributed by atoms with Gasteiger partial charge in [0.2, 0.25) is 5.91 Å². The summed E-state index contributed by atoms with van der Waals surface area (Å²) in [5.74, 6) is -1.72. The fraction of sp³-hybridized carbons (Fsp3) is 0.304. The van der Waals surface area contributed by atoms with Gasteiger partial charge in [0.25, 0.3) is 5.56 Å². The number of aromatic amines is 1. The van der Waals surface area contributed by atoms with Crippen LogP contribution in [0.5, 0.6) is 0 Å². The van der Waals surface area contributed by atoms with Crippen LogP contribution >= 0.6 is 0 Å². The zero-order chi connectivity index (χ0) is 21.8. The van der Waals surface area contributed by atoms with Crippen LogP contribution in [0.1, 0.15) is 25.3 Å². The summed E-state index contributed by atoms with van der Waals surface area (Å²) >= 11 is 0. The number of fused-ring (bicyclic) bond motifs is 1. The van der Waals surface area contributed by atoms with E-state index in [4.69, 9.17) is 0 Å². The van der Waals surface area contributed by atoms with E-state index >= 15 is 0 Å². The average Bonchev–Trinajstić information content (AvgIpc) is 2.73. The molecular formula is C23H25FN2O4. The van der Waals surface area contributed by atoms with Crippen LogP contribution in [0.4, 0.5) is 4.39 Å². The van der Waals surface area contributed by atoms with Crippen molar-refractivity contribution in [3.05, 3.63) is 70.3 Å². The lowest BCUT2D eigenvalue weighted by Crippen LogP contribution is -2.44. The molecule has 1 atom stereocenters. The Balaban J connectivity index is 1.96. The number of rotatable bonds is 7. The maximum Gasteiger partial charge on any atom is 0.252 e. The molecule has 3 aromatic rings. The van der Waals surface area contributed by atoms with Gasteiger partial charge in [-0.3, -0.25) is 9.59 Å². The highest BCUT2D eigenvalue weighted by Gasteiger charge is 2.28. The van der Waals surface area contributed by atoms with Crippen molar-refractivity contribution in [2.75, 3.05) is 13.2 Å². The molecule has 30 heavy (non-hydrogen) atoms. The van der Waals surface area contributed by atoms with Crippen molar-refractivity contribution in [2.24, 2.45) is 5.92 Å². The van der Waals surface area contributed by atoms with E-state index in [1.807, 2.05) is 19.9 Å². The van der Waals surface area contributed by atoms with Crippen LogP contribution < -0.4 is 10.9 Å². The number of aliphatic hydroxyl groups excluding tert-OH is 2. The first-order valence-electron chi connectivity index (χ1n) is 9.79. The normalized spacial score (nSPS) is 12.5. The van der Waals surface area contributed by atoms with E-state index < -0.39 is 36.6 Å². The molecule has 0 radical (unpaired) electrons. The minimum Gasteiger partial charge on any atom is -0.394 e. The molecule has 7 heteroatoms. The Morgan fingerprint density at radius 3 is 2.47 bits per heavy atom. The van der Waals surface area contributed by atoms with Gasteiger partial charge in [0.15, 0.2) is 0 Å². The summed E-state index contributed by atoms with van der Waals surface area (Å²) in [4.78, 5) is 28.3. The highest BCUT2D eigenvalue weighted by atomic mass is 19.1. The molecule has 1 unspecified atom stereocenters. The number of carbonyl (C=O) groups is 1. The molecule has 1 heterocycles. The van der Waals surface area contributed by atoms with Gasteiger partial charge >= 0.3 is 0 Å². The maximum absolute atomic E-state index is 14.1. The number of nitrogens with one attached hydrogen (secondary N) is 2. The molecular weight excluding hydrogens is 387 g/mol. The van der Waals surface area contributed by atoms with Gasteiger partial charge in [-0.25, -0.2) is 4.39 Å². The Kier molecular flexibility index (Phi) is 6.64. The van der Waals surface area contributed by atoms with Crippen molar-refractivity contribution < 1.29 is 19.4 Å². The molecule has 4 N–H and O–H groups in total. The van der Waals surface area contributed by atoms with E-state index in [0.717, 1.165) is 5.39 Å². The number of pyridine rings is 1. The van der Waals surface area contributed by atoms with Crippen LogP contribution in [-0.2, 0) is 4.79 Å². The van der Waals surface area contributed by atoms with Gasteiger partial charge < -0.3 is 20.5 Å².